The molecule has 2 aliphatic rings. The van der Waals surface area contributed by atoms with E-state index in [-0.39, 0.29) is 12.5 Å². The number of piperidine rings is 1. The molecule has 2 rings (SSSR count). The number of hydrogen-bond donors (Lipinski definition) is 2. The van der Waals surface area contributed by atoms with Gasteiger partial charge in [-0.2, -0.15) is 0 Å². The van der Waals surface area contributed by atoms with Gasteiger partial charge in [-0.05, 0) is 24.7 Å². The number of nitrogens with zero attached hydrogens (tertiary/aromatic N) is 1. The lowest BCUT2D eigenvalue weighted by molar-refractivity contribution is -0.118. The summed E-state index contributed by atoms with van der Waals surface area (Å²) < 4.78 is 0. The summed E-state index contributed by atoms with van der Waals surface area (Å²) in [5.74, 6) is 0.526. The minimum atomic E-state index is -0.941. The largest absolute Gasteiger partial charge is 0.465 e. The van der Waals surface area contributed by atoms with Crippen molar-refractivity contribution in [3.63, 3.8) is 0 Å². The van der Waals surface area contributed by atoms with Gasteiger partial charge in [0.15, 0.2) is 0 Å². The molecule has 19 heavy (non-hydrogen) atoms. The molecule has 6 heteroatoms. The van der Waals surface area contributed by atoms with Gasteiger partial charge < -0.3 is 15.7 Å². The number of carbonyl (C=O) groups excluding carboxylic acids is 1. The predicted molar refractivity (Wildman–Crippen MR) is 72.0 cm³/mol. The minimum Gasteiger partial charge on any atom is -0.465 e. The lowest BCUT2D eigenvalue weighted by atomic mass is 9.72. The quantitative estimate of drug-likeness (QED) is 0.779. The number of hydrogen-bond acceptors (Lipinski definition) is 2. The van der Waals surface area contributed by atoms with E-state index in [9.17, 15) is 14.7 Å². The number of alkyl halides is 1. The summed E-state index contributed by atoms with van der Waals surface area (Å²) in [5, 5.41) is 8.82. The average molecular weight is 289 g/mol. The van der Waals surface area contributed by atoms with E-state index in [1.54, 1.807) is 0 Å². The third-order valence-corrected chi connectivity index (χ3v) is 4.95. The van der Waals surface area contributed by atoms with Crippen LogP contribution in [0.4, 0.5) is 4.79 Å². The van der Waals surface area contributed by atoms with Crippen LogP contribution < -0.4 is 5.73 Å². The van der Waals surface area contributed by atoms with Crippen molar-refractivity contribution in [2.24, 2.45) is 17.6 Å². The third kappa shape index (κ3) is 3.32. The molecular formula is C13H21ClN2O3. The molecule has 0 aromatic rings. The van der Waals surface area contributed by atoms with Gasteiger partial charge in [0, 0.05) is 13.0 Å². The minimum absolute atomic E-state index is 0.0351. The molecule has 1 saturated carbocycles. The molecule has 2 amide bonds. The standard InChI is InChI=1S/C13H21ClN2O3/c14-10(6-12(15)17)11-5-8-3-1-2-4-9(8)7-16(11)13(18)19/h8-11H,1-7H2,(H2,15,17)(H,18,19). The Balaban J connectivity index is 2.09. The molecule has 5 nitrogen and oxygen atoms in total. The van der Waals surface area contributed by atoms with Crippen molar-refractivity contribution < 1.29 is 14.7 Å². The van der Waals surface area contributed by atoms with E-state index < -0.39 is 17.4 Å². The SMILES string of the molecule is NC(=O)CC(Cl)C1CC2CCCCC2CN1C(=O)O. The molecule has 1 heterocycles. The molecule has 2 fully saturated rings. The highest BCUT2D eigenvalue weighted by molar-refractivity contribution is 6.22. The van der Waals surface area contributed by atoms with E-state index in [0.717, 1.165) is 19.3 Å². The fourth-order valence-corrected chi connectivity index (χ4v) is 3.94. The number of nitrogens with two attached hydrogens (primary N) is 1. The number of primary amides is 1. The maximum Gasteiger partial charge on any atom is 0.407 e. The molecule has 108 valence electrons. The van der Waals surface area contributed by atoms with Gasteiger partial charge in [-0.1, -0.05) is 19.3 Å². The first-order valence-electron chi connectivity index (χ1n) is 6.91. The molecule has 3 N–H and O–H groups in total. The summed E-state index contributed by atoms with van der Waals surface area (Å²) in [6.07, 6.45) is 4.50. The van der Waals surface area contributed by atoms with E-state index in [1.165, 1.54) is 17.7 Å². The maximum absolute atomic E-state index is 11.4. The van der Waals surface area contributed by atoms with Crippen LogP contribution in [0.15, 0.2) is 0 Å². The highest BCUT2D eigenvalue weighted by Crippen LogP contribution is 2.40. The second-order valence-corrected chi connectivity index (χ2v) is 6.29. The lowest BCUT2D eigenvalue weighted by Gasteiger charge is -2.46. The summed E-state index contributed by atoms with van der Waals surface area (Å²) in [6.45, 7) is 0.548. The van der Waals surface area contributed by atoms with Gasteiger partial charge in [-0.15, -0.1) is 11.6 Å². The van der Waals surface area contributed by atoms with Crippen molar-refractivity contribution in [1.29, 1.82) is 0 Å². The van der Waals surface area contributed by atoms with Gasteiger partial charge in [-0.25, -0.2) is 4.79 Å². The number of rotatable bonds is 3. The summed E-state index contributed by atoms with van der Waals surface area (Å²) in [5.41, 5.74) is 5.16. The van der Waals surface area contributed by atoms with Crippen LogP contribution in [-0.4, -0.2) is 40.0 Å². The first-order valence-corrected chi connectivity index (χ1v) is 7.34. The van der Waals surface area contributed by atoms with Gasteiger partial charge >= 0.3 is 6.09 Å². The first kappa shape index (κ1) is 14.4. The highest BCUT2D eigenvalue weighted by Gasteiger charge is 2.41. The molecule has 0 aromatic carbocycles. The number of carbonyl (C=O) groups is 2. The number of likely N-dealkylation sites (tertiary alicyclic amines) is 1. The maximum atomic E-state index is 11.4. The summed E-state index contributed by atoms with van der Waals surface area (Å²) in [7, 11) is 0. The van der Waals surface area contributed by atoms with Gasteiger partial charge in [0.05, 0.1) is 11.4 Å². The Morgan fingerprint density at radius 3 is 2.53 bits per heavy atom. The van der Waals surface area contributed by atoms with Crippen LogP contribution in [0.25, 0.3) is 0 Å². The molecular weight excluding hydrogens is 268 g/mol. The van der Waals surface area contributed by atoms with Crippen molar-refractivity contribution in [3.05, 3.63) is 0 Å². The Labute approximate surface area is 118 Å². The molecule has 1 aliphatic carbocycles. The molecule has 1 aliphatic heterocycles. The Morgan fingerprint density at radius 2 is 1.95 bits per heavy atom. The van der Waals surface area contributed by atoms with Crippen LogP contribution in [0.1, 0.15) is 38.5 Å². The fraction of sp³-hybridized carbons (Fsp3) is 0.846. The second-order valence-electron chi connectivity index (χ2n) is 5.73. The normalized spacial score (nSPS) is 32.5. The van der Waals surface area contributed by atoms with Gasteiger partial charge in [0.25, 0.3) is 0 Å². The second kappa shape index (κ2) is 5.99. The van der Waals surface area contributed by atoms with Crippen molar-refractivity contribution in [1.82, 2.24) is 4.90 Å². The van der Waals surface area contributed by atoms with Crippen molar-refractivity contribution in [2.45, 2.75) is 49.9 Å². The number of carboxylic acid groups (broad SMARTS) is 1. The van der Waals surface area contributed by atoms with Gasteiger partial charge in [0.1, 0.15) is 0 Å². The zero-order valence-electron chi connectivity index (χ0n) is 10.9. The smallest absolute Gasteiger partial charge is 0.407 e. The zero-order chi connectivity index (χ0) is 14.0. The molecule has 4 unspecified atom stereocenters. The van der Waals surface area contributed by atoms with Crippen LogP contribution in [0.5, 0.6) is 0 Å². The Bertz CT molecular complexity index is 364. The average Bonchev–Trinajstić information content (AvgIpc) is 2.36. The summed E-state index contributed by atoms with van der Waals surface area (Å²) in [4.78, 5) is 23.8. The van der Waals surface area contributed by atoms with E-state index in [2.05, 4.69) is 0 Å². The predicted octanol–water partition coefficient (Wildman–Crippen LogP) is 2.03. The zero-order valence-corrected chi connectivity index (χ0v) is 11.7. The van der Waals surface area contributed by atoms with Gasteiger partial charge in [-0.3, -0.25) is 4.79 Å². The van der Waals surface area contributed by atoms with Crippen molar-refractivity contribution in [3.8, 4) is 0 Å². The monoisotopic (exact) mass is 288 g/mol. The van der Waals surface area contributed by atoms with E-state index in [1.807, 2.05) is 0 Å². The summed E-state index contributed by atoms with van der Waals surface area (Å²) >= 11 is 6.22. The van der Waals surface area contributed by atoms with Crippen LogP contribution in [0.3, 0.4) is 0 Å². The fourth-order valence-electron chi connectivity index (χ4n) is 3.55. The molecule has 0 spiro atoms. The molecule has 0 aromatic heterocycles. The van der Waals surface area contributed by atoms with E-state index in [0.29, 0.717) is 18.4 Å². The Kier molecular flexibility index (Phi) is 4.55. The van der Waals surface area contributed by atoms with Crippen LogP contribution in [0.2, 0.25) is 0 Å². The molecule has 0 radical (unpaired) electrons. The Hall–Kier alpha value is -0.970. The first-order chi connectivity index (χ1) is 8.99. The lowest BCUT2D eigenvalue weighted by Crippen LogP contribution is -2.54. The molecule has 4 atom stereocenters. The van der Waals surface area contributed by atoms with Crippen LogP contribution in [0, 0.1) is 11.8 Å². The summed E-state index contributed by atoms with van der Waals surface area (Å²) in [6, 6.07) is -0.286. The number of amides is 2. The number of halogens is 1. The van der Waals surface area contributed by atoms with Crippen molar-refractivity contribution in [2.75, 3.05) is 6.54 Å². The van der Waals surface area contributed by atoms with E-state index in [4.69, 9.17) is 17.3 Å². The molecule has 0 bridgehead atoms. The highest BCUT2D eigenvalue weighted by atomic mass is 35.5. The molecule has 1 saturated heterocycles. The topological polar surface area (TPSA) is 83.6 Å². The third-order valence-electron chi connectivity index (χ3n) is 4.50. The van der Waals surface area contributed by atoms with Gasteiger partial charge in [0.2, 0.25) is 5.91 Å². The van der Waals surface area contributed by atoms with Crippen molar-refractivity contribution >= 4 is 23.6 Å². The van der Waals surface area contributed by atoms with Crippen LogP contribution in [-0.2, 0) is 4.79 Å². The Morgan fingerprint density at radius 1 is 1.32 bits per heavy atom. The number of fused-ring (bicyclic) bond motifs is 1. The van der Waals surface area contributed by atoms with Crippen LogP contribution >= 0.6 is 11.6 Å². The van der Waals surface area contributed by atoms with E-state index >= 15 is 0 Å².